The van der Waals surface area contributed by atoms with Gasteiger partial charge in [-0.15, -0.1) is 0 Å². The first-order valence-corrected chi connectivity index (χ1v) is 5.47. The topological polar surface area (TPSA) is 86.0 Å². The van der Waals surface area contributed by atoms with E-state index in [0.717, 1.165) is 6.42 Å². The molecule has 1 atom stereocenters. The van der Waals surface area contributed by atoms with Gasteiger partial charge < -0.3 is 10.4 Å². The number of anilines is 1. The lowest BCUT2D eigenvalue weighted by Gasteiger charge is -2.14. The predicted molar refractivity (Wildman–Crippen MR) is 63.5 cm³/mol. The maximum Gasteiger partial charge on any atom is 0.303 e. The summed E-state index contributed by atoms with van der Waals surface area (Å²) in [6, 6.07) is 3.68. The molecule has 0 saturated carbocycles. The lowest BCUT2D eigenvalue weighted by molar-refractivity contribution is -0.138. The number of hydrogen-bond acceptors (Lipinski definition) is 4. The maximum atomic E-state index is 10.6. The van der Waals surface area contributed by atoms with Crippen molar-refractivity contribution in [1.29, 1.82) is 5.26 Å². The molecular weight excluding hydrogens is 218 g/mol. The van der Waals surface area contributed by atoms with Gasteiger partial charge in [0.2, 0.25) is 0 Å². The zero-order chi connectivity index (χ0) is 12.7. The van der Waals surface area contributed by atoms with E-state index >= 15 is 0 Å². The number of hydrogen-bond donors (Lipinski definition) is 2. The molecule has 1 rings (SSSR count). The maximum absolute atomic E-state index is 10.6. The highest BCUT2D eigenvalue weighted by molar-refractivity contribution is 5.67. The van der Waals surface area contributed by atoms with Gasteiger partial charge in [0.15, 0.2) is 0 Å². The Morgan fingerprint density at radius 1 is 1.71 bits per heavy atom. The van der Waals surface area contributed by atoms with E-state index in [2.05, 4.69) is 16.4 Å². The van der Waals surface area contributed by atoms with E-state index in [1.165, 1.54) is 0 Å². The van der Waals surface area contributed by atoms with E-state index in [1.807, 2.05) is 6.92 Å². The van der Waals surface area contributed by atoms with Gasteiger partial charge in [0.1, 0.15) is 6.07 Å². The van der Waals surface area contributed by atoms with Crippen LogP contribution in [0.15, 0.2) is 18.5 Å². The van der Waals surface area contributed by atoms with Crippen LogP contribution in [0.3, 0.4) is 0 Å². The van der Waals surface area contributed by atoms with Gasteiger partial charge in [0.25, 0.3) is 0 Å². The van der Waals surface area contributed by atoms with Crippen LogP contribution in [0.5, 0.6) is 0 Å². The van der Waals surface area contributed by atoms with E-state index in [-0.39, 0.29) is 12.3 Å². The first-order chi connectivity index (χ1) is 8.17. The Morgan fingerprint density at radius 3 is 3.06 bits per heavy atom. The number of nitrogens with one attached hydrogen (secondary N) is 1. The highest BCUT2D eigenvalue weighted by atomic mass is 16.4. The summed E-state index contributed by atoms with van der Waals surface area (Å²) in [7, 11) is 0. The second-order valence-electron chi connectivity index (χ2n) is 3.79. The van der Waals surface area contributed by atoms with Crippen LogP contribution in [0.1, 0.15) is 25.3 Å². The van der Waals surface area contributed by atoms with Crippen LogP contribution in [-0.2, 0) is 4.79 Å². The highest BCUT2D eigenvalue weighted by Crippen LogP contribution is 2.14. The highest BCUT2D eigenvalue weighted by Gasteiger charge is 2.11. The van der Waals surface area contributed by atoms with E-state index in [0.29, 0.717) is 17.8 Å². The van der Waals surface area contributed by atoms with Crippen LogP contribution < -0.4 is 5.32 Å². The summed E-state index contributed by atoms with van der Waals surface area (Å²) in [6.45, 7) is 2.48. The molecule has 1 aromatic rings. The molecule has 2 N–H and O–H groups in total. The average molecular weight is 233 g/mol. The monoisotopic (exact) mass is 233 g/mol. The summed E-state index contributed by atoms with van der Waals surface area (Å²) in [5, 5.41) is 20.7. The number of aliphatic carboxylic acids is 1. The summed E-state index contributed by atoms with van der Waals surface area (Å²) < 4.78 is 0. The van der Waals surface area contributed by atoms with Crippen molar-refractivity contribution < 1.29 is 9.90 Å². The zero-order valence-electron chi connectivity index (χ0n) is 9.68. The number of carboxylic acid groups (broad SMARTS) is 1. The number of carboxylic acids is 1. The third-order valence-electron chi connectivity index (χ3n) is 2.56. The molecule has 0 aliphatic heterocycles. The van der Waals surface area contributed by atoms with Crippen LogP contribution >= 0.6 is 0 Å². The van der Waals surface area contributed by atoms with E-state index in [1.54, 1.807) is 18.5 Å². The smallest absolute Gasteiger partial charge is 0.303 e. The lowest BCUT2D eigenvalue weighted by atomic mass is 10.0. The van der Waals surface area contributed by atoms with Gasteiger partial charge in [-0.25, -0.2) is 0 Å². The molecule has 0 spiro atoms. The lowest BCUT2D eigenvalue weighted by Crippen LogP contribution is -2.17. The van der Waals surface area contributed by atoms with Crippen LogP contribution in [0, 0.1) is 17.2 Å². The third-order valence-corrected chi connectivity index (χ3v) is 2.56. The van der Waals surface area contributed by atoms with Gasteiger partial charge in [-0.2, -0.15) is 5.26 Å². The second-order valence-corrected chi connectivity index (χ2v) is 3.79. The van der Waals surface area contributed by atoms with Gasteiger partial charge in [-0.1, -0.05) is 13.3 Å². The predicted octanol–water partition coefficient (Wildman–Crippen LogP) is 1.87. The Labute approximate surface area is 100 Å². The molecule has 0 bridgehead atoms. The summed E-state index contributed by atoms with van der Waals surface area (Å²) in [5.41, 5.74) is 1.17. The van der Waals surface area contributed by atoms with Crippen LogP contribution in [-0.4, -0.2) is 22.6 Å². The second kappa shape index (κ2) is 6.48. The molecular formula is C12H15N3O2. The molecule has 0 aliphatic rings. The molecule has 0 aliphatic carbocycles. The number of carbonyl (C=O) groups is 1. The molecule has 0 amide bonds. The van der Waals surface area contributed by atoms with Gasteiger partial charge in [-0.05, 0) is 12.0 Å². The van der Waals surface area contributed by atoms with E-state index in [9.17, 15) is 4.79 Å². The van der Waals surface area contributed by atoms with Crippen molar-refractivity contribution in [2.45, 2.75) is 19.8 Å². The quantitative estimate of drug-likeness (QED) is 0.783. The number of nitriles is 1. The normalized spacial score (nSPS) is 11.5. The number of aromatic nitrogens is 1. The summed E-state index contributed by atoms with van der Waals surface area (Å²) in [4.78, 5) is 14.5. The van der Waals surface area contributed by atoms with E-state index < -0.39 is 5.97 Å². The summed E-state index contributed by atoms with van der Waals surface area (Å²) >= 11 is 0. The van der Waals surface area contributed by atoms with Crippen molar-refractivity contribution in [3.8, 4) is 6.07 Å². The van der Waals surface area contributed by atoms with Crippen molar-refractivity contribution in [2.24, 2.45) is 5.92 Å². The van der Waals surface area contributed by atoms with Crippen molar-refractivity contribution in [2.75, 3.05) is 11.9 Å². The SMILES string of the molecule is CCC(CNc1cnccc1C#N)CC(=O)O. The standard InChI is InChI=1S/C12H15N3O2/c1-2-9(5-12(16)17)7-15-11-8-14-4-3-10(11)6-13/h3-4,8-9,15H,2,5,7H2,1H3,(H,16,17). The molecule has 5 heteroatoms. The average Bonchev–Trinajstić information content (AvgIpc) is 2.34. The summed E-state index contributed by atoms with van der Waals surface area (Å²) in [6.07, 6.45) is 4.04. The Morgan fingerprint density at radius 2 is 2.47 bits per heavy atom. The number of pyridine rings is 1. The molecule has 5 nitrogen and oxygen atoms in total. The van der Waals surface area contributed by atoms with Gasteiger partial charge in [0.05, 0.1) is 17.4 Å². The molecule has 1 heterocycles. The van der Waals surface area contributed by atoms with Crippen LogP contribution in [0.2, 0.25) is 0 Å². The van der Waals surface area contributed by atoms with E-state index in [4.69, 9.17) is 10.4 Å². The molecule has 0 fully saturated rings. The van der Waals surface area contributed by atoms with Gasteiger partial charge in [-0.3, -0.25) is 9.78 Å². The molecule has 0 saturated heterocycles. The molecule has 0 aromatic carbocycles. The number of nitrogens with zero attached hydrogens (tertiary/aromatic N) is 2. The van der Waals surface area contributed by atoms with Gasteiger partial charge in [0, 0.05) is 19.2 Å². The van der Waals surface area contributed by atoms with Crippen LogP contribution in [0.25, 0.3) is 0 Å². The molecule has 1 unspecified atom stereocenters. The Kier molecular flexibility index (Phi) is 4.95. The van der Waals surface area contributed by atoms with Crippen molar-refractivity contribution in [3.63, 3.8) is 0 Å². The largest absolute Gasteiger partial charge is 0.481 e. The first kappa shape index (κ1) is 13.0. The fourth-order valence-corrected chi connectivity index (χ4v) is 1.49. The Hall–Kier alpha value is -2.09. The minimum Gasteiger partial charge on any atom is -0.481 e. The zero-order valence-corrected chi connectivity index (χ0v) is 9.68. The van der Waals surface area contributed by atoms with Crippen molar-refractivity contribution in [1.82, 2.24) is 4.98 Å². The fourth-order valence-electron chi connectivity index (χ4n) is 1.49. The minimum atomic E-state index is -0.801. The van der Waals surface area contributed by atoms with Gasteiger partial charge >= 0.3 is 5.97 Å². The first-order valence-electron chi connectivity index (χ1n) is 5.47. The summed E-state index contributed by atoms with van der Waals surface area (Å²) in [5.74, 6) is -0.746. The number of rotatable bonds is 6. The minimum absolute atomic E-state index is 0.0549. The third kappa shape index (κ3) is 4.11. The van der Waals surface area contributed by atoms with Crippen molar-refractivity contribution >= 4 is 11.7 Å². The fraction of sp³-hybridized carbons (Fsp3) is 0.417. The molecule has 0 radical (unpaired) electrons. The molecule has 17 heavy (non-hydrogen) atoms. The van der Waals surface area contributed by atoms with Crippen molar-refractivity contribution in [3.05, 3.63) is 24.0 Å². The Balaban J connectivity index is 2.60. The van der Waals surface area contributed by atoms with Crippen LogP contribution in [0.4, 0.5) is 5.69 Å². The molecule has 1 aromatic heterocycles. The Bertz CT molecular complexity index is 426. The molecule has 90 valence electrons.